The van der Waals surface area contributed by atoms with Crippen LogP contribution in [0, 0.1) is 34.5 Å². The summed E-state index contributed by atoms with van der Waals surface area (Å²) in [6.07, 6.45) is 0.979. The van der Waals surface area contributed by atoms with Gasteiger partial charge in [-0.15, -0.1) is 0 Å². The van der Waals surface area contributed by atoms with Crippen molar-refractivity contribution in [3.63, 3.8) is 0 Å². The number of hydrogen-bond acceptors (Lipinski definition) is 6. The number of likely N-dealkylation sites (tertiary alicyclic amines) is 1. The Morgan fingerprint density at radius 3 is 2.09 bits per heavy atom. The van der Waals surface area contributed by atoms with Crippen LogP contribution in [0.4, 0.5) is 4.79 Å². The van der Waals surface area contributed by atoms with E-state index in [9.17, 15) is 28.8 Å². The van der Waals surface area contributed by atoms with Crippen LogP contribution in [0.2, 0.25) is 0 Å². The molecule has 1 saturated carbocycles. The average Bonchev–Trinajstić information content (AvgIpc) is 3.28. The van der Waals surface area contributed by atoms with Gasteiger partial charge in [0, 0.05) is 12.1 Å². The minimum atomic E-state index is -1.12. The number of primary amides is 1. The fourth-order valence-electron chi connectivity index (χ4n) is 6.49. The van der Waals surface area contributed by atoms with Crippen LogP contribution >= 0.6 is 0 Å². The lowest BCUT2D eigenvalue weighted by atomic mass is 9.85. The number of nitrogens with zero attached hydrogens (tertiary/aromatic N) is 1. The van der Waals surface area contributed by atoms with Gasteiger partial charge in [0.15, 0.2) is 5.78 Å². The maximum atomic E-state index is 14.2. The van der Waals surface area contributed by atoms with Crippen molar-refractivity contribution in [1.29, 1.82) is 0 Å². The molecule has 11 nitrogen and oxygen atoms in total. The molecule has 5 amide bonds. The van der Waals surface area contributed by atoms with Gasteiger partial charge in [0.05, 0.1) is 12.1 Å². The summed E-state index contributed by atoms with van der Waals surface area (Å²) in [5, 5.41) is 8.32. The molecule has 0 bridgehead atoms. The van der Waals surface area contributed by atoms with E-state index in [0.717, 1.165) is 6.42 Å². The topological polar surface area (TPSA) is 168 Å². The van der Waals surface area contributed by atoms with Gasteiger partial charge in [-0.1, -0.05) is 99.1 Å². The Morgan fingerprint density at radius 1 is 0.978 bits per heavy atom. The van der Waals surface area contributed by atoms with Crippen LogP contribution in [0.1, 0.15) is 85.5 Å². The molecule has 2 unspecified atom stereocenters. The van der Waals surface area contributed by atoms with E-state index in [4.69, 9.17) is 5.73 Å². The van der Waals surface area contributed by atoms with Crippen LogP contribution in [-0.4, -0.2) is 70.9 Å². The maximum absolute atomic E-state index is 14.2. The summed E-state index contributed by atoms with van der Waals surface area (Å²) in [5.41, 5.74) is 4.81. The highest BCUT2D eigenvalue weighted by atomic mass is 16.2. The van der Waals surface area contributed by atoms with Gasteiger partial charge in [0.1, 0.15) is 12.1 Å². The zero-order valence-electron chi connectivity index (χ0n) is 28.1. The molecular weight excluding hydrogens is 574 g/mol. The molecule has 0 radical (unpaired) electrons. The number of fused-ring (bicyclic) bond motifs is 1. The minimum Gasteiger partial charge on any atom is -0.363 e. The molecular formula is C34H51N5O6. The molecule has 1 saturated heterocycles. The third-order valence-electron chi connectivity index (χ3n) is 9.65. The van der Waals surface area contributed by atoms with Crippen molar-refractivity contribution in [2.45, 2.75) is 99.3 Å². The Balaban J connectivity index is 1.84. The lowest BCUT2D eigenvalue weighted by Crippen LogP contribution is -2.62. The number of Topliss-reactive ketones (excluding diaryl/α,β-unsaturated/α-hetero) is 2. The summed E-state index contributed by atoms with van der Waals surface area (Å²) in [6, 6.07) is 4.17. The smallest absolute Gasteiger partial charge is 0.316 e. The predicted octanol–water partition coefficient (Wildman–Crippen LogP) is 3.07. The number of nitrogens with one attached hydrogen (secondary N) is 3. The van der Waals surface area contributed by atoms with Crippen molar-refractivity contribution < 1.29 is 28.8 Å². The van der Waals surface area contributed by atoms with Gasteiger partial charge < -0.3 is 26.6 Å². The van der Waals surface area contributed by atoms with Gasteiger partial charge in [0.25, 0.3) is 5.91 Å². The summed E-state index contributed by atoms with van der Waals surface area (Å²) in [4.78, 5) is 80.7. The molecule has 1 aliphatic carbocycles. The number of piperidine rings is 1. The first kappa shape index (κ1) is 35.7. The standard InChI is InChI=1S/C34H51N5O6/c1-10-19(4)16-22(27(41)29(35)42)36-30(43)25-23-21(34(23,8)9)17-39(25)31(44)28(33(5,6)7)38-32(45)37-24(18(2)3)26(40)20-14-12-11-13-15-20/h11-15,18-19,21-25,28H,10,16-17H2,1-9H3,(H2,35,42)(H,36,43)(H2,37,38,45)/t19?,21-,22?,23-,24-,25-,28+/m0/s1. The van der Waals surface area contributed by atoms with Crippen LogP contribution in [0.15, 0.2) is 30.3 Å². The summed E-state index contributed by atoms with van der Waals surface area (Å²) < 4.78 is 0. The lowest BCUT2D eigenvalue weighted by molar-refractivity contribution is -0.145. The monoisotopic (exact) mass is 625 g/mol. The van der Waals surface area contributed by atoms with Crippen molar-refractivity contribution in [3.05, 3.63) is 35.9 Å². The van der Waals surface area contributed by atoms with E-state index < -0.39 is 59.1 Å². The molecule has 2 aliphatic rings. The number of nitrogens with two attached hydrogens (primary N) is 1. The van der Waals surface area contributed by atoms with Crippen LogP contribution in [-0.2, 0) is 19.2 Å². The second-order valence-corrected chi connectivity index (χ2v) is 14.8. The van der Waals surface area contributed by atoms with Crippen LogP contribution in [0.25, 0.3) is 0 Å². The number of amides is 5. The van der Waals surface area contributed by atoms with Gasteiger partial charge in [-0.05, 0) is 40.9 Å². The van der Waals surface area contributed by atoms with Gasteiger partial charge in [-0.3, -0.25) is 24.0 Å². The van der Waals surface area contributed by atoms with E-state index >= 15 is 0 Å². The molecule has 1 aliphatic heterocycles. The second-order valence-electron chi connectivity index (χ2n) is 14.8. The predicted molar refractivity (Wildman–Crippen MR) is 171 cm³/mol. The van der Waals surface area contributed by atoms with Crippen LogP contribution in [0.3, 0.4) is 0 Å². The Labute approximate surface area is 266 Å². The number of ketones is 2. The quantitative estimate of drug-likeness (QED) is 0.194. The normalized spacial score (nSPS) is 22.8. The number of carbonyl (C=O) groups is 6. The molecule has 11 heteroatoms. The van der Waals surface area contributed by atoms with Crippen molar-refractivity contribution in [2.24, 2.45) is 40.2 Å². The molecule has 0 spiro atoms. The largest absolute Gasteiger partial charge is 0.363 e. The first-order valence-electron chi connectivity index (χ1n) is 15.9. The Hall–Kier alpha value is -3.76. The minimum absolute atomic E-state index is 0.0430. The molecule has 3 rings (SSSR count). The third-order valence-corrected chi connectivity index (χ3v) is 9.65. The third kappa shape index (κ3) is 7.91. The zero-order valence-corrected chi connectivity index (χ0v) is 28.1. The summed E-state index contributed by atoms with van der Waals surface area (Å²) in [7, 11) is 0. The summed E-state index contributed by atoms with van der Waals surface area (Å²) in [5.74, 6) is -3.47. The number of urea groups is 1. The first-order chi connectivity index (χ1) is 20.8. The average molecular weight is 626 g/mol. The van der Waals surface area contributed by atoms with E-state index in [0.29, 0.717) is 12.1 Å². The SMILES string of the molecule is CCC(C)CC(NC(=O)[C@@H]1[C@@H]2[C@H](CN1C(=O)[C@@H](NC(=O)N[C@H](C(=O)c1ccccc1)C(C)C)C(C)(C)C)C2(C)C)C(=O)C(N)=O. The van der Waals surface area contributed by atoms with Gasteiger partial charge >= 0.3 is 6.03 Å². The molecule has 2 fully saturated rings. The van der Waals surface area contributed by atoms with E-state index in [2.05, 4.69) is 16.0 Å². The molecule has 7 atom stereocenters. The van der Waals surface area contributed by atoms with Crippen molar-refractivity contribution in [1.82, 2.24) is 20.9 Å². The lowest BCUT2D eigenvalue weighted by Gasteiger charge is -2.38. The Bertz CT molecular complexity index is 1300. The first-order valence-corrected chi connectivity index (χ1v) is 15.9. The highest BCUT2D eigenvalue weighted by molar-refractivity contribution is 6.37. The van der Waals surface area contributed by atoms with Gasteiger partial charge in [0.2, 0.25) is 17.6 Å². The number of hydrogen-bond donors (Lipinski definition) is 4. The van der Waals surface area contributed by atoms with Crippen molar-refractivity contribution in [3.8, 4) is 0 Å². The van der Waals surface area contributed by atoms with Gasteiger partial charge in [-0.25, -0.2) is 4.79 Å². The molecule has 0 aromatic heterocycles. The second kappa shape index (κ2) is 13.7. The molecule has 1 heterocycles. The molecule has 248 valence electrons. The zero-order chi connectivity index (χ0) is 34.0. The summed E-state index contributed by atoms with van der Waals surface area (Å²) >= 11 is 0. The molecule has 5 N–H and O–H groups in total. The fourth-order valence-corrected chi connectivity index (χ4v) is 6.49. The fraction of sp³-hybridized carbons (Fsp3) is 0.647. The van der Waals surface area contributed by atoms with E-state index in [1.807, 2.05) is 62.3 Å². The van der Waals surface area contributed by atoms with Gasteiger partial charge in [-0.2, -0.15) is 0 Å². The van der Waals surface area contributed by atoms with Crippen molar-refractivity contribution in [2.75, 3.05) is 6.54 Å². The van der Waals surface area contributed by atoms with Crippen LogP contribution in [0.5, 0.6) is 0 Å². The number of carbonyl (C=O) groups excluding carboxylic acids is 6. The van der Waals surface area contributed by atoms with Crippen molar-refractivity contribution >= 4 is 35.3 Å². The Morgan fingerprint density at radius 2 is 1.58 bits per heavy atom. The maximum Gasteiger partial charge on any atom is 0.316 e. The van der Waals surface area contributed by atoms with E-state index in [1.54, 1.807) is 30.3 Å². The number of rotatable bonds is 13. The van der Waals surface area contributed by atoms with E-state index in [-0.39, 0.29) is 41.3 Å². The molecule has 45 heavy (non-hydrogen) atoms. The highest BCUT2D eigenvalue weighted by Crippen LogP contribution is 2.65. The summed E-state index contributed by atoms with van der Waals surface area (Å²) in [6.45, 7) is 17.4. The number of benzene rings is 1. The molecule has 1 aromatic carbocycles. The van der Waals surface area contributed by atoms with E-state index in [1.165, 1.54) is 4.90 Å². The highest BCUT2D eigenvalue weighted by Gasteiger charge is 2.70. The van der Waals surface area contributed by atoms with Crippen LogP contribution < -0.4 is 21.7 Å². The Kier molecular flexibility index (Phi) is 10.9. The molecule has 1 aromatic rings.